The number of aromatic hydroxyl groups is 1. The number of nitrogens with zero attached hydrogens (tertiary/aromatic N) is 3. The molecule has 0 radical (unpaired) electrons. The smallest absolute Gasteiger partial charge is 0.115 e. The average Bonchev–Trinajstić information content (AvgIpc) is 3.06. The standard InChI is InChI=1S/C16H20ClN3O/c17-15-10-18-20(12-15)7-6-19-5-4-14(11-19)8-13-2-1-3-16(21)9-13/h1-3,9-10,12,14,21H,4-8,11H2. The summed E-state index contributed by atoms with van der Waals surface area (Å²) in [7, 11) is 0. The fraction of sp³-hybridized carbons (Fsp3) is 0.438. The van der Waals surface area contributed by atoms with Crippen molar-refractivity contribution >= 4 is 11.6 Å². The van der Waals surface area contributed by atoms with E-state index in [4.69, 9.17) is 11.6 Å². The minimum absolute atomic E-state index is 0.359. The quantitative estimate of drug-likeness (QED) is 0.923. The van der Waals surface area contributed by atoms with E-state index < -0.39 is 0 Å². The zero-order valence-corrected chi connectivity index (χ0v) is 12.7. The van der Waals surface area contributed by atoms with Gasteiger partial charge in [-0.15, -0.1) is 0 Å². The minimum Gasteiger partial charge on any atom is -0.508 e. The topological polar surface area (TPSA) is 41.3 Å². The monoisotopic (exact) mass is 305 g/mol. The van der Waals surface area contributed by atoms with Crippen LogP contribution in [0.2, 0.25) is 5.02 Å². The van der Waals surface area contributed by atoms with Crippen molar-refractivity contribution in [2.75, 3.05) is 19.6 Å². The number of aromatic nitrogens is 2. The summed E-state index contributed by atoms with van der Waals surface area (Å²) in [5.74, 6) is 1.03. The summed E-state index contributed by atoms with van der Waals surface area (Å²) < 4.78 is 1.89. The maximum Gasteiger partial charge on any atom is 0.115 e. The van der Waals surface area contributed by atoms with E-state index in [0.717, 1.165) is 32.6 Å². The molecule has 1 N–H and O–H groups in total. The molecule has 2 aromatic rings. The van der Waals surface area contributed by atoms with Crippen LogP contribution in [-0.4, -0.2) is 39.4 Å². The van der Waals surface area contributed by atoms with Crippen LogP contribution in [0.1, 0.15) is 12.0 Å². The summed E-state index contributed by atoms with van der Waals surface area (Å²) in [6, 6.07) is 7.60. The van der Waals surface area contributed by atoms with Gasteiger partial charge in [0.15, 0.2) is 0 Å². The summed E-state index contributed by atoms with van der Waals surface area (Å²) in [5, 5.41) is 14.4. The van der Waals surface area contributed by atoms with Crippen molar-refractivity contribution < 1.29 is 5.11 Å². The Morgan fingerprint density at radius 3 is 3.00 bits per heavy atom. The van der Waals surface area contributed by atoms with E-state index in [1.54, 1.807) is 12.3 Å². The Hall–Kier alpha value is -1.52. The molecule has 1 aromatic heterocycles. The van der Waals surface area contributed by atoms with Crippen LogP contribution in [0.25, 0.3) is 0 Å². The second-order valence-electron chi connectivity index (χ2n) is 5.75. The average molecular weight is 306 g/mol. The molecule has 0 saturated carbocycles. The Morgan fingerprint density at radius 2 is 2.24 bits per heavy atom. The van der Waals surface area contributed by atoms with Crippen LogP contribution in [0.3, 0.4) is 0 Å². The van der Waals surface area contributed by atoms with E-state index in [0.29, 0.717) is 16.7 Å². The van der Waals surface area contributed by atoms with Gasteiger partial charge in [0.05, 0.1) is 17.8 Å². The molecule has 4 nitrogen and oxygen atoms in total. The van der Waals surface area contributed by atoms with Gasteiger partial charge in [-0.25, -0.2) is 0 Å². The largest absolute Gasteiger partial charge is 0.508 e. The highest BCUT2D eigenvalue weighted by molar-refractivity contribution is 6.30. The first-order chi connectivity index (χ1) is 10.2. The van der Waals surface area contributed by atoms with Crippen molar-refractivity contribution in [3.8, 4) is 5.75 Å². The van der Waals surface area contributed by atoms with Crippen molar-refractivity contribution in [3.63, 3.8) is 0 Å². The van der Waals surface area contributed by atoms with E-state index >= 15 is 0 Å². The van der Waals surface area contributed by atoms with Gasteiger partial charge < -0.3 is 10.0 Å². The van der Waals surface area contributed by atoms with E-state index in [1.165, 1.54) is 12.0 Å². The van der Waals surface area contributed by atoms with Crippen molar-refractivity contribution in [1.82, 2.24) is 14.7 Å². The molecule has 1 aromatic carbocycles. The maximum absolute atomic E-state index is 9.52. The number of benzene rings is 1. The molecule has 112 valence electrons. The minimum atomic E-state index is 0.359. The number of phenols is 1. The molecule has 0 spiro atoms. The number of hydrogen-bond acceptors (Lipinski definition) is 3. The van der Waals surface area contributed by atoms with Crippen LogP contribution < -0.4 is 0 Å². The Labute approximate surface area is 130 Å². The number of hydrogen-bond donors (Lipinski definition) is 1. The summed E-state index contributed by atoms with van der Waals surface area (Å²) in [6.45, 7) is 4.14. The molecule has 1 fully saturated rings. The predicted octanol–water partition coefficient (Wildman–Crippen LogP) is 2.81. The molecule has 1 aliphatic heterocycles. The Morgan fingerprint density at radius 1 is 1.33 bits per heavy atom. The van der Waals surface area contributed by atoms with Gasteiger partial charge >= 0.3 is 0 Å². The summed E-state index contributed by atoms with van der Waals surface area (Å²) in [4.78, 5) is 2.48. The van der Waals surface area contributed by atoms with Crippen molar-refractivity contribution in [2.45, 2.75) is 19.4 Å². The first-order valence-electron chi connectivity index (χ1n) is 7.37. The molecule has 21 heavy (non-hydrogen) atoms. The van der Waals surface area contributed by atoms with Gasteiger partial charge in [-0.3, -0.25) is 4.68 Å². The highest BCUT2D eigenvalue weighted by Crippen LogP contribution is 2.22. The zero-order chi connectivity index (χ0) is 14.7. The molecule has 2 heterocycles. The Bertz CT molecular complexity index is 599. The third kappa shape index (κ3) is 3.99. The summed E-state index contributed by atoms with van der Waals surface area (Å²) >= 11 is 5.86. The van der Waals surface area contributed by atoms with Crippen LogP contribution in [0.5, 0.6) is 5.75 Å². The number of phenolic OH excluding ortho intramolecular Hbond substituents is 1. The molecule has 3 rings (SSSR count). The Kier molecular flexibility index (Phi) is 4.46. The molecule has 1 unspecified atom stereocenters. The molecule has 5 heteroatoms. The van der Waals surface area contributed by atoms with Crippen molar-refractivity contribution in [2.24, 2.45) is 5.92 Å². The number of rotatable bonds is 5. The lowest BCUT2D eigenvalue weighted by Gasteiger charge is -2.16. The number of likely N-dealkylation sites (tertiary alicyclic amines) is 1. The van der Waals surface area contributed by atoms with Gasteiger partial charge in [-0.05, 0) is 43.0 Å². The fourth-order valence-electron chi connectivity index (χ4n) is 3.00. The highest BCUT2D eigenvalue weighted by atomic mass is 35.5. The van der Waals surface area contributed by atoms with Gasteiger partial charge in [0, 0.05) is 19.3 Å². The highest BCUT2D eigenvalue weighted by Gasteiger charge is 2.22. The third-order valence-electron chi connectivity index (χ3n) is 4.05. The van der Waals surface area contributed by atoms with Crippen LogP contribution in [0.15, 0.2) is 36.7 Å². The van der Waals surface area contributed by atoms with E-state index in [-0.39, 0.29) is 0 Å². The Balaban J connectivity index is 1.47. The van der Waals surface area contributed by atoms with Gasteiger partial charge in [-0.1, -0.05) is 23.7 Å². The predicted molar refractivity (Wildman–Crippen MR) is 83.6 cm³/mol. The first-order valence-corrected chi connectivity index (χ1v) is 7.75. The summed E-state index contributed by atoms with van der Waals surface area (Å²) in [6.07, 6.45) is 5.80. The van der Waals surface area contributed by atoms with E-state index in [2.05, 4.69) is 16.1 Å². The first kappa shape index (κ1) is 14.4. The van der Waals surface area contributed by atoms with Crippen LogP contribution >= 0.6 is 11.6 Å². The zero-order valence-electron chi connectivity index (χ0n) is 12.0. The SMILES string of the molecule is Oc1cccc(CC2CCN(CCn3cc(Cl)cn3)C2)c1. The van der Waals surface area contributed by atoms with E-state index in [1.807, 2.05) is 23.0 Å². The lowest BCUT2D eigenvalue weighted by molar-refractivity contribution is 0.303. The molecular weight excluding hydrogens is 286 g/mol. The van der Waals surface area contributed by atoms with E-state index in [9.17, 15) is 5.11 Å². The lowest BCUT2D eigenvalue weighted by atomic mass is 9.99. The molecule has 1 aliphatic rings. The van der Waals surface area contributed by atoms with Gasteiger partial charge in [0.1, 0.15) is 5.75 Å². The molecule has 1 atom stereocenters. The second-order valence-corrected chi connectivity index (χ2v) is 6.19. The van der Waals surface area contributed by atoms with Crippen LogP contribution in [0.4, 0.5) is 0 Å². The normalized spacial score (nSPS) is 19.2. The lowest BCUT2D eigenvalue weighted by Crippen LogP contribution is -2.25. The van der Waals surface area contributed by atoms with Crippen molar-refractivity contribution in [1.29, 1.82) is 0 Å². The molecular formula is C16H20ClN3O. The van der Waals surface area contributed by atoms with Gasteiger partial charge in [0.2, 0.25) is 0 Å². The summed E-state index contributed by atoms with van der Waals surface area (Å²) in [5.41, 5.74) is 1.22. The molecule has 0 bridgehead atoms. The molecule has 0 amide bonds. The van der Waals surface area contributed by atoms with Crippen LogP contribution in [-0.2, 0) is 13.0 Å². The van der Waals surface area contributed by atoms with Crippen LogP contribution in [0, 0.1) is 5.92 Å². The number of halogens is 1. The maximum atomic E-state index is 9.52. The third-order valence-corrected chi connectivity index (χ3v) is 4.25. The molecule has 0 aliphatic carbocycles. The fourth-order valence-corrected chi connectivity index (χ4v) is 3.16. The van der Waals surface area contributed by atoms with Gasteiger partial charge in [-0.2, -0.15) is 5.10 Å². The van der Waals surface area contributed by atoms with Crippen molar-refractivity contribution in [3.05, 3.63) is 47.2 Å². The molecule has 1 saturated heterocycles. The second kappa shape index (κ2) is 6.50. The van der Waals surface area contributed by atoms with Gasteiger partial charge in [0.25, 0.3) is 0 Å².